The van der Waals surface area contributed by atoms with Gasteiger partial charge in [-0.2, -0.15) is 0 Å². The first-order valence-corrected chi connectivity index (χ1v) is 7.21. The Hall–Kier alpha value is -0.450. The monoisotopic (exact) mass is 253 g/mol. The van der Waals surface area contributed by atoms with Gasteiger partial charge in [0, 0.05) is 41.8 Å². The van der Waals surface area contributed by atoms with Crippen molar-refractivity contribution < 1.29 is 0 Å². The largest absolute Gasteiger partial charge is 0.309 e. The van der Waals surface area contributed by atoms with Crippen molar-refractivity contribution in [3.8, 4) is 0 Å². The summed E-state index contributed by atoms with van der Waals surface area (Å²) < 4.78 is 0. The van der Waals surface area contributed by atoms with E-state index in [1.54, 1.807) is 11.3 Å². The number of thiazole rings is 1. The summed E-state index contributed by atoms with van der Waals surface area (Å²) >= 11 is 1.75. The van der Waals surface area contributed by atoms with Gasteiger partial charge >= 0.3 is 0 Å². The van der Waals surface area contributed by atoms with Gasteiger partial charge in [-0.3, -0.25) is 9.88 Å². The first kappa shape index (κ1) is 13.0. The number of nitrogens with one attached hydrogen (secondary N) is 1. The van der Waals surface area contributed by atoms with Gasteiger partial charge in [0.05, 0.1) is 5.51 Å². The molecule has 1 fully saturated rings. The maximum Gasteiger partial charge on any atom is 0.0794 e. The fourth-order valence-electron chi connectivity index (χ4n) is 2.37. The Labute approximate surface area is 108 Å². The lowest BCUT2D eigenvalue weighted by Crippen LogP contribution is -2.66. The molecular formula is C13H23N3S. The molecule has 0 bridgehead atoms. The summed E-state index contributed by atoms with van der Waals surface area (Å²) in [6, 6.07) is 0. The van der Waals surface area contributed by atoms with Crippen LogP contribution < -0.4 is 5.32 Å². The third-order valence-electron chi connectivity index (χ3n) is 3.89. The Balaban J connectivity index is 2.14. The van der Waals surface area contributed by atoms with Crippen LogP contribution in [-0.2, 0) is 6.54 Å². The maximum atomic E-state index is 4.17. The standard InChI is InChI=1S/C13H23N3S/c1-5-13(4)8-15-12(2,3)9-16(13)7-11-6-14-10-17-11/h6,10,15H,5,7-9H2,1-4H3. The van der Waals surface area contributed by atoms with Crippen LogP contribution in [0.4, 0.5) is 0 Å². The quantitative estimate of drug-likeness (QED) is 0.897. The van der Waals surface area contributed by atoms with Crippen LogP contribution in [0.1, 0.15) is 39.0 Å². The molecule has 1 saturated heterocycles. The predicted octanol–water partition coefficient (Wildman–Crippen LogP) is 2.50. The van der Waals surface area contributed by atoms with E-state index >= 15 is 0 Å². The maximum absolute atomic E-state index is 4.17. The smallest absolute Gasteiger partial charge is 0.0794 e. The van der Waals surface area contributed by atoms with Crippen molar-refractivity contribution in [1.82, 2.24) is 15.2 Å². The molecule has 1 aliphatic rings. The fraction of sp³-hybridized carbons (Fsp3) is 0.769. The Morgan fingerprint density at radius 3 is 2.82 bits per heavy atom. The average molecular weight is 253 g/mol. The van der Waals surface area contributed by atoms with Crippen molar-refractivity contribution in [3.63, 3.8) is 0 Å². The van der Waals surface area contributed by atoms with Crippen molar-refractivity contribution in [1.29, 1.82) is 0 Å². The van der Waals surface area contributed by atoms with Gasteiger partial charge in [-0.05, 0) is 27.2 Å². The SMILES string of the molecule is CCC1(C)CNC(C)(C)CN1Cc1cncs1. The molecule has 1 unspecified atom stereocenters. The number of hydrogen-bond donors (Lipinski definition) is 1. The van der Waals surface area contributed by atoms with E-state index in [1.165, 1.54) is 11.3 Å². The minimum atomic E-state index is 0.208. The van der Waals surface area contributed by atoms with Crippen molar-refractivity contribution in [3.05, 3.63) is 16.6 Å². The van der Waals surface area contributed by atoms with Crippen molar-refractivity contribution in [2.24, 2.45) is 0 Å². The topological polar surface area (TPSA) is 28.2 Å². The molecule has 96 valence electrons. The molecule has 0 saturated carbocycles. The predicted molar refractivity (Wildman–Crippen MR) is 73.3 cm³/mol. The van der Waals surface area contributed by atoms with E-state index in [1.807, 2.05) is 11.7 Å². The third-order valence-corrected chi connectivity index (χ3v) is 4.65. The molecule has 4 heteroatoms. The number of aromatic nitrogens is 1. The molecule has 1 aromatic heterocycles. The summed E-state index contributed by atoms with van der Waals surface area (Å²) in [4.78, 5) is 8.15. The van der Waals surface area contributed by atoms with Crippen LogP contribution in [0.2, 0.25) is 0 Å². The molecule has 2 heterocycles. The zero-order chi connectivity index (χ0) is 12.5. The summed E-state index contributed by atoms with van der Waals surface area (Å²) in [6.07, 6.45) is 3.17. The molecule has 0 radical (unpaired) electrons. The normalized spacial score (nSPS) is 29.4. The van der Waals surface area contributed by atoms with E-state index in [0.717, 1.165) is 19.6 Å². The zero-order valence-electron chi connectivity index (χ0n) is 11.3. The highest BCUT2D eigenvalue weighted by atomic mass is 32.1. The number of hydrogen-bond acceptors (Lipinski definition) is 4. The van der Waals surface area contributed by atoms with Crippen LogP contribution in [0.25, 0.3) is 0 Å². The molecule has 1 aliphatic heterocycles. The van der Waals surface area contributed by atoms with E-state index < -0.39 is 0 Å². The number of piperazine rings is 1. The van der Waals surface area contributed by atoms with Gasteiger partial charge in [0.2, 0.25) is 0 Å². The molecule has 1 atom stereocenters. The van der Waals surface area contributed by atoms with Crippen LogP contribution in [-0.4, -0.2) is 34.1 Å². The molecule has 1 N–H and O–H groups in total. The second-order valence-corrected chi connectivity index (χ2v) is 6.88. The van der Waals surface area contributed by atoms with E-state index in [0.29, 0.717) is 0 Å². The molecule has 0 spiro atoms. The number of nitrogens with zero attached hydrogens (tertiary/aromatic N) is 2. The third kappa shape index (κ3) is 2.87. The highest BCUT2D eigenvalue weighted by Gasteiger charge is 2.39. The first-order valence-electron chi connectivity index (χ1n) is 6.33. The van der Waals surface area contributed by atoms with Gasteiger partial charge in [-0.25, -0.2) is 0 Å². The molecule has 0 amide bonds. The number of rotatable bonds is 3. The summed E-state index contributed by atoms with van der Waals surface area (Å²) in [5, 5.41) is 3.66. The van der Waals surface area contributed by atoms with Crippen LogP contribution >= 0.6 is 11.3 Å². The molecule has 0 aliphatic carbocycles. The Bertz CT molecular complexity index is 361. The summed E-state index contributed by atoms with van der Waals surface area (Å²) in [5.41, 5.74) is 2.39. The van der Waals surface area contributed by atoms with Crippen molar-refractivity contribution >= 4 is 11.3 Å². The molecule has 1 aromatic rings. The second-order valence-electron chi connectivity index (χ2n) is 5.91. The second kappa shape index (κ2) is 4.67. The minimum Gasteiger partial charge on any atom is -0.309 e. The zero-order valence-corrected chi connectivity index (χ0v) is 12.1. The Morgan fingerprint density at radius 2 is 2.24 bits per heavy atom. The van der Waals surface area contributed by atoms with E-state index in [9.17, 15) is 0 Å². The van der Waals surface area contributed by atoms with Gasteiger partial charge in [-0.15, -0.1) is 11.3 Å². The molecular weight excluding hydrogens is 230 g/mol. The van der Waals surface area contributed by atoms with Crippen LogP contribution in [0.15, 0.2) is 11.7 Å². The first-order chi connectivity index (χ1) is 7.95. The van der Waals surface area contributed by atoms with Gasteiger partial charge in [0.15, 0.2) is 0 Å². The van der Waals surface area contributed by atoms with E-state index in [4.69, 9.17) is 0 Å². The minimum absolute atomic E-state index is 0.208. The van der Waals surface area contributed by atoms with Gasteiger partial charge in [0.25, 0.3) is 0 Å². The van der Waals surface area contributed by atoms with Gasteiger partial charge in [0.1, 0.15) is 0 Å². The van der Waals surface area contributed by atoms with Crippen LogP contribution in [0, 0.1) is 0 Å². The van der Waals surface area contributed by atoms with Crippen molar-refractivity contribution in [2.75, 3.05) is 13.1 Å². The summed E-state index contributed by atoms with van der Waals surface area (Å²) in [6.45, 7) is 12.4. The Kier molecular flexibility index (Phi) is 3.57. The fourth-order valence-corrected chi connectivity index (χ4v) is 2.98. The average Bonchev–Trinajstić information content (AvgIpc) is 2.76. The molecule has 2 rings (SSSR count). The lowest BCUT2D eigenvalue weighted by atomic mass is 9.88. The highest BCUT2D eigenvalue weighted by molar-refractivity contribution is 7.09. The van der Waals surface area contributed by atoms with E-state index in [2.05, 4.69) is 42.9 Å². The lowest BCUT2D eigenvalue weighted by Gasteiger charge is -2.51. The van der Waals surface area contributed by atoms with E-state index in [-0.39, 0.29) is 11.1 Å². The van der Waals surface area contributed by atoms with Crippen LogP contribution in [0.3, 0.4) is 0 Å². The van der Waals surface area contributed by atoms with Crippen LogP contribution in [0.5, 0.6) is 0 Å². The highest BCUT2D eigenvalue weighted by Crippen LogP contribution is 2.28. The summed E-state index contributed by atoms with van der Waals surface area (Å²) in [5.74, 6) is 0. The molecule has 3 nitrogen and oxygen atoms in total. The van der Waals surface area contributed by atoms with Gasteiger partial charge in [-0.1, -0.05) is 6.92 Å². The molecule has 17 heavy (non-hydrogen) atoms. The van der Waals surface area contributed by atoms with Gasteiger partial charge < -0.3 is 5.32 Å². The Morgan fingerprint density at radius 1 is 1.47 bits per heavy atom. The van der Waals surface area contributed by atoms with Crippen molar-refractivity contribution in [2.45, 2.75) is 51.7 Å². The summed E-state index contributed by atoms with van der Waals surface area (Å²) in [7, 11) is 0. The molecule has 0 aromatic carbocycles. The lowest BCUT2D eigenvalue weighted by molar-refractivity contribution is 0.0182.